The van der Waals surface area contributed by atoms with E-state index >= 15 is 0 Å². The van der Waals surface area contributed by atoms with E-state index in [0.29, 0.717) is 6.54 Å². The molecule has 1 aliphatic rings. The fourth-order valence-electron chi connectivity index (χ4n) is 3.53. The second-order valence-electron chi connectivity index (χ2n) is 6.33. The number of methoxy groups -OCH3 is 2. The molecule has 0 bridgehead atoms. The Balaban J connectivity index is 1.79. The molecular weight excluding hydrogens is 382 g/mol. The van der Waals surface area contributed by atoms with Crippen LogP contribution in [-0.4, -0.2) is 37.3 Å². The Bertz CT molecular complexity index is 722. The van der Waals surface area contributed by atoms with Gasteiger partial charge < -0.3 is 14.6 Å². The molecule has 5 heteroatoms. The molecule has 0 unspecified atom stereocenters. The van der Waals surface area contributed by atoms with Gasteiger partial charge in [0.15, 0.2) is 0 Å². The van der Waals surface area contributed by atoms with E-state index < -0.39 is 6.10 Å². The van der Waals surface area contributed by atoms with E-state index in [2.05, 4.69) is 26.9 Å². The van der Waals surface area contributed by atoms with E-state index in [0.717, 1.165) is 46.5 Å². The summed E-state index contributed by atoms with van der Waals surface area (Å²) in [6.45, 7) is 1.58. The summed E-state index contributed by atoms with van der Waals surface area (Å²) >= 11 is 3.47. The number of aliphatic hydroxyl groups is 1. The minimum Gasteiger partial charge on any atom is -0.497 e. The average Bonchev–Trinajstić information content (AvgIpc) is 3.08. The molecule has 0 saturated carbocycles. The first-order chi connectivity index (χ1) is 12.1. The SMILES string of the molecule is COc1ccc([C@H]2CCCN2C[C@H](O)c2cccc(Br)c2)c(OC)c1. The molecule has 0 amide bonds. The van der Waals surface area contributed by atoms with E-state index in [9.17, 15) is 5.11 Å². The summed E-state index contributed by atoms with van der Waals surface area (Å²) in [5.41, 5.74) is 2.09. The summed E-state index contributed by atoms with van der Waals surface area (Å²) < 4.78 is 11.9. The number of rotatable bonds is 6. The van der Waals surface area contributed by atoms with Crippen LogP contribution in [0.25, 0.3) is 0 Å². The molecule has 1 aliphatic heterocycles. The molecule has 0 spiro atoms. The zero-order chi connectivity index (χ0) is 17.8. The summed E-state index contributed by atoms with van der Waals surface area (Å²) in [5, 5.41) is 10.7. The lowest BCUT2D eigenvalue weighted by Crippen LogP contribution is -2.28. The Hall–Kier alpha value is -1.56. The van der Waals surface area contributed by atoms with Crippen molar-refractivity contribution in [2.45, 2.75) is 25.0 Å². The van der Waals surface area contributed by atoms with Crippen LogP contribution in [0, 0.1) is 0 Å². The van der Waals surface area contributed by atoms with Crippen LogP contribution in [0.15, 0.2) is 46.9 Å². The number of β-amino-alcohol motifs (C(OH)–C–C–N with tert-alkyl or cyclic N) is 1. The molecule has 2 aromatic rings. The van der Waals surface area contributed by atoms with Gasteiger partial charge in [-0.2, -0.15) is 0 Å². The number of nitrogens with zero attached hydrogens (tertiary/aromatic N) is 1. The van der Waals surface area contributed by atoms with Gasteiger partial charge in [0, 0.05) is 28.7 Å². The Morgan fingerprint density at radius 1 is 1.20 bits per heavy atom. The molecule has 4 nitrogen and oxygen atoms in total. The maximum Gasteiger partial charge on any atom is 0.127 e. The smallest absolute Gasteiger partial charge is 0.127 e. The average molecular weight is 406 g/mol. The lowest BCUT2D eigenvalue weighted by molar-refractivity contribution is 0.105. The summed E-state index contributed by atoms with van der Waals surface area (Å²) in [6.07, 6.45) is 1.67. The third-order valence-corrected chi connectivity index (χ3v) is 5.30. The molecule has 0 aromatic heterocycles. The Kier molecular flexibility index (Phi) is 5.99. The van der Waals surface area contributed by atoms with Crippen molar-refractivity contribution in [3.8, 4) is 11.5 Å². The molecule has 134 valence electrons. The first-order valence-electron chi connectivity index (χ1n) is 8.52. The molecular formula is C20H24BrNO3. The maximum atomic E-state index is 10.7. The molecule has 0 radical (unpaired) electrons. The van der Waals surface area contributed by atoms with Crippen molar-refractivity contribution in [3.63, 3.8) is 0 Å². The number of benzene rings is 2. The fraction of sp³-hybridized carbons (Fsp3) is 0.400. The standard InChI is InChI=1S/C20H24BrNO3/c1-24-16-8-9-17(20(12-16)25-2)18-7-4-10-22(18)13-19(23)14-5-3-6-15(21)11-14/h3,5-6,8-9,11-12,18-19,23H,4,7,10,13H2,1-2H3/t18-,19+/m1/s1. The first-order valence-corrected chi connectivity index (χ1v) is 9.31. The monoisotopic (exact) mass is 405 g/mol. The highest BCUT2D eigenvalue weighted by atomic mass is 79.9. The number of ether oxygens (including phenoxy) is 2. The number of aliphatic hydroxyl groups excluding tert-OH is 1. The lowest BCUT2D eigenvalue weighted by atomic mass is 10.0. The van der Waals surface area contributed by atoms with Crippen LogP contribution >= 0.6 is 15.9 Å². The van der Waals surface area contributed by atoms with Crippen molar-refractivity contribution >= 4 is 15.9 Å². The predicted molar refractivity (Wildman–Crippen MR) is 102 cm³/mol. The van der Waals surface area contributed by atoms with E-state index in [4.69, 9.17) is 9.47 Å². The second-order valence-corrected chi connectivity index (χ2v) is 7.25. The van der Waals surface area contributed by atoms with Gasteiger partial charge in [-0.1, -0.05) is 34.1 Å². The molecule has 2 aromatic carbocycles. The van der Waals surface area contributed by atoms with Gasteiger partial charge in [-0.3, -0.25) is 4.90 Å². The molecule has 1 saturated heterocycles. The van der Waals surface area contributed by atoms with Crippen LogP contribution in [0.3, 0.4) is 0 Å². The Morgan fingerprint density at radius 2 is 2.04 bits per heavy atom. The zero-order valence-corrected chi connectivity index (χ0v) is 16.2. The number of likely N-dealkylation sites (tertiary alicyclic amines) is 1. The Labute approximate surface area is 157 Å². The van der Waals surface area contributed by atoms with Crippen molar-refractivity contribution in [3.05, 3.63) is 58.1 Å². The molecule has 1 N–H and O–H groups in total. The first kappa shape index (κ1) is 18.2. The minimum atomic E-state index is -0.512. The molecule has 1 fully saturated rings. The molecule has 0 aliphatic carbocycles. The summed E-state index contributed by atoms with van der Waals surface area (Å²) in [4.78, 5) is 2.34. The van der Waals surface area contributed by atoms with E-state index in [1.807, 2.05) is 36.4 Å². The highest BCUT2D eigenvalue weighted by Crippen LogP contribution is 2.39. The highest BCUT2D eigenvalue weighted by molar-refractivity contribution is 9.10. The predicted octanol–water partition coefficient (Wildman–Crippen LogP) is 4.34. The summed E-state index contributed by atoms with van der Waals surface area (Å²) in [7, 11) is 3.35. The van der Waals surface area contributed by atoms with Crippen LogP contribution in [0.2, 0.25) is 0 Å². The van der Waals surface area contributed by atoms with Gasteiger partial charge in [0.05, 0.1) is 20.3 Å². The zero-order valence-electron chi connectivity index (χ0n) is 14.6. The van der Waals surface area contributed by atoms with Gasteiger partial charge in [-0.25, -0.2) is 0 Å². The maximum absolute atomic E-state index is 10.7. The van der Waals surface area contributed by atoms with Gasteiger partial charge in [-0.15, -0.1) is 0 Å². The fourth-order valence-corrected chi connectivity index (χ4v) is 3.95. The number of halogens is 1. The van der Waals surface area contributed by atoms with Crippen LogP contribution in [-0.2, 0) is 0 Å². The van der Waals surface area contributed by atoms with Crippen LogP contribution in [0.4, 0.5) is 0 Å². The Morgan fingerprint density at radius 3 is 2.76 bits per heavy atom. The van der Waals surface area contributed by atoms with E-state index in [-0.39, 0.29) is 6.04 Å². The summed E-state index contributed by atoms with van der Waals surface area (Å²) in [6, 6.07) is 14.1. The third-order valence-electron chi connectivity index (χ3n) is 4.80. The van der Waals surface area contributed by atoms with Crippen LogP contribution in [0.5, 0.6) is 11.5 Å². The molecule has 2 atom stereocenters. The molecule has 1 heterocycles. The molecule has 25 heavy (non-hydrogen) atoms. The van der Waals surface area contributed by atoms with E-state index in [1.165, 1.54) is 0 Å². The number of hydrogen-bond acceptors (Lipinski definition) is 4. The number of hydrogen-bond donors (Lipinski definition) is 1. The van der Waals surface area contributed by atoms with Crippen molar-refractivity contribution in [2.75, 3.05) is 27.3 Å². The van der Waals surface area contributed by atoms with Gasteiger partial charge in [-0.05, 0) is 43.1 Å². The van der Waals surface area contributed by atoms with Crippen molar-refractivity contribution in [1.29, 1.82) is 0 Å². The normalized spacial score (nSPS) is 19.0. The summed E-state index contributed by atoms with van der Waals surface area (Å²) in [5.74, 6) is 1.63. The second kappa shape index (κ2) is 8.21. The van der Waals surface area contributed by atoms with Gasteiger partial charge in [0.25, 0.3) is 0 Å². The van der Waals surface area contributed by atoms with Crippen LogP contribution < -0.4 is 9.47 Å². The largest absolute Gasteiger partial charge is 0.497 e. The quantitative estimate of drug-likeness (QED) is 0.775. The lowest BCUT2D eigenvalue weighted by Gasteiger charge is -2.28. The minimum absolute atomic E-state index is 0.252. The molecule has 3 rings (SSSR count). The van der Waals surface area contributed by atoms with E-state index in [1.54, 1.807) is 14.2 Å². The van der Waals surface area contributed by atoms with Crippen molar-refractivity contribution < 1.29 is 14.6 Å². The van der Waals surface area contributed by atoms with Crippen LogP contribution in [0.1, 0.15) is 36.1 Å². The van der Waals surface area contributed by atoms with Crippen molar-refractivity contribution in [2.24, 2.45) is 0 Å². The van der Waals surface area contributed by atoms with Gasteiger partial charge >= 0.3 is 0 Å². The third kappa shape index (κ3) is 4.17. The van der Waals surface area contributed by atoms with Crippen molar-refractivity contribution in [1.82, 2.24) is 4.90 Å². The topological polar surface area (TPSA) is 41.9 Å². The van der Waals surface area contributed by atoms with Gasteiger partial charge in [0.1, 0.15) is 11.5 Å². The van der Waals surface area contributed by atoms with Gasteiger partial charge in [0.2, 0.25) is 0 Å². The highest BCUT2D eigenvalue weighted by Gasteiger charge is 2.30.